The molecule has 0 amide bonds. The van der Waals surface area contributed by atoms with Crippen LogP contribution in [0, 0.1) is 11.6 Å². The number of halogens is 2. The third-order valence-corrected chi connectivity index (χ3v) is 6.37. The molecule has 2 aliphatic heterocycles. The number of aliphatic imine (C=N–C) groups is 1. The minimum Gasteiger partial charge on any atom is -0.494 e. The van der Waals surface area contributed by atoms with Gasteiger partial charge in [0, 0.05) is 30.9 Å². The highest BCUT2D eigenvalue weighted by Gasteiger charge is 2.22. The van der Waals surface area contributed by atoms with Crippen molar-refractivity contribution in [3.8, 4) is 17.2 Å². The van der Waals surface area contributed by atoms with Crippen molar-refractivity contribution in [1.29, 1.82) is 0 Å². The molecule has 0 spiro atoms. The van der Waals surface area contributed by atoms with Crippen LogP contribution in [0.15, 0.2) is 35.2 Å². The van der Waals surface area contributed by atoms with Gasteiger partial charge in [-0.05, 0) is 32.1 Å². The van der Waals surface area contributed by atoms with Gasteiger partial charge in [-0.15, -0.1) is 0 Å². The van der Waals surface area contributed by atoms with Gasteiger partial charge in [-0.2, -0.15) is 4.99 Å². The molecule has 2 saturated heterocycles. The van der Waals surface area contributed by atoms with Crippen molar-refractivity contribution in [2.24, 2.45) is 10.7 Å². The first-order chi connectivity index (χ1) is 19.5. The Morgan fingerprint density at radius 1 is 1.05 bits per heavy atom. The number of rotatable bonds is 11. The van der Waals surface area contributed by atoms with Crippen LogP contribution in [0.2, 0.25) is 0 Å². The molecular weight excluding hydrogens is 528 g/mol. The summed E-state index contributed by atoms with van der Waals surface area (Å²) < 4.78 is 61.9. The normalized spacial score (nSPS) is 20.3. The molecular formula is C27H36F2N5O6+. The number of aromatic nitrogens is 2. The number of nitrogens with zero attached hydrogens (tertiary/aromatic N) is 3. The molecule has 218 valence electrons. The first-order valence-electron chi connectivity index (χ1n) is 13.2. The van der Waals surface area contributed by atoms with E-state index in [1.807, 2.05) is 5.32 Å². The molecule has 1 aromatic heterocycles. The number of hydrogen-bond donors (Lipinski definition) is 2. The lowest BCUT2D eigenvalue weighted by molar-refractivity contribution is -0.633. The van der Waals surface area contributed by atoms with E-state index >= 15 is 0 Å². The maximum absolute atomic E-state index is 14.6. The van der Waals surface area contributed by atoms with Gasteiger partial charge in [-0.3, -0.25) is 5.32 Å². The molecule has 4 N–H and O–H groups in total. The van der Waals surface area contributed by atoms with E-state index in [1.54, 1.807) is 6.08 Å². The number of amidine groups is 1. The Morgan fingerprint density at radius 3 is 2.33 bits per heavy atom. The summed E-state index contributed by atoms with van der Waals surface area (Å²) in [5, 5.41) is 1.89. The Hall–Kier alpha value is -3.39. The van der Waals surface area contributed by atoms with Crippen LogP contribution in [-0.4, -0.2) is 62.4 Å². The van der Waals surface area contributed by atoms with Gasteiger partial charge in [0.2, 0.25) is 5.84 Å². The van der Waals surface area contributed by atoms with E-state index in [9.17, 15) is 8.78 Å². The first kappa shape index (κ1) is 29.6. The molecule has 11 nitrogen and oxygen atoms in total. The summed E-state index contributed by atoms with van der Waals surface area (Å²) in [5.74, 6) is -1.21. The molecule has 2 atom stereocenters. The Bertz CT molecular complexity index is 1140. The maximum Gasteiger partial charge on any atom is 0.254 e. The van der Waals surface area contributed by atoms with Crippen molar-refractivity contribution in [2.45, 2.75) is 57.6 Å². The third-order valence-electron chi connectivity index (χ3n) is 6.37. The fourth-order valence-corrected chi connectivity index (χ4v) is 4.24. The van der Waals surface area contributed by atoms with E-state index in [2.05, 4.69) is 15.0 Å². The van der Waals surface area contributed by atoms with E-state index < -0.39 is 18.2 Å². The lowest BCUT2D eigenvalue weighted by atomic mass is 10.1. The van der Waals surface area contributed by atoms with Crippen molar-refractivity contribution in [3.05, 3.63) is 47.4 Å². The minimum atomic E-state index is -0.878. The minimum absolute atomic E-state index is 0.105. The van der Waals surface area contributed by atoms with Crippen LogP contribution in [0.1, 0.15) is 44.1 Å². The van der Waals surface area contributed by atoms with Crippen LogP contribution in [0.3, 0.4) is 0 Å². The van der Waals surface area contributed by atoms with Crippen LogP contribution in [-0.2, 0) is 20.8 Å². The molecule has 4 rings (SSSR count). The van der Waals surface area contributed by atoms with E-state index in [4.69, 9.17) is 34.2 Å². The Balaban J connectivity index is 1.44. The molecule has 3 heterocycles. The zero-order valence-electron chi connectivity index (χ0n) is 22.7. The second kappa shape index (κ2) is 14.8. The van der Waals surface area contributed by atoms with Gasteiger partial charge in [0.15, 0.2) is 41.4 Å². The highest BCUT2D eigenvalue weighted by Crippen LogP contribution is 2.32. The van der Waals surface area contributed by atoms with Crippen molar-refractivity contribution < 1.29 is 42.5 Å². The third kappa shape index (κ3) is 8.31. The van der Waals surface area contributed by atoms with Gasteiger partial charge in [0.05, 0.1) is 45.4 Å². The molecule has 2 fully saturated rings. The number of hydrogen-bond acceptors (Lipinski definition) is 10. The Kier molecular flexibility index (Phi) is 11.0. The standard InChI is InChI=1S/C27H35F2N5O6/c1-35-20-12-21(36-2)26(29)19(25(20)28)16-39-18-13-31-27(32-14-18)34-22(33-23-7-3-5-9-37-23)11-17(30)15-40-24-8-4-6-10-38-24/h11-14,23-24H,3-10,15-16,30H2,1-2H3,(H,31,32,33,34)/p+1/b17-11-. The zero-order valence-corrected chi connectivity index (χ0v) is 22.7. The van der Waals surface area contributed by atoms with Crippen LogP contribution in [0.4, 0.5) is 14.7 Å². The molecule has 0 bridgehead atoms. The van der Waals surface area contributed by atoms with Gasteiger partial charge >= 0.3 is 0 Å². The molecule has 0 aliphatic carbocycles. The van der Waals surface area contributed by atoms with E-state index in [-0.39, 0.29) is 47.9 Å². The van der Waals surface area contributed by atoms with Crippen LogP contribution in [0.25, 0.3) is 0 Å². The lowest BCUT2D eigenvalue weighted by Crippen LogP contribution is -2.94. The monoisotopic (exact) mass is 564 g/mol. The molecule has 0 radical (unpaired) electrons. The predicted octanol–water partition coefficient (Wildman–Crippen LogP) is 2.86. The average Bonchev–Trinajstić information content (AvgIpc) is 2.98. The highest BCUT2D eigenvalue weighted by atomic mass is 19.1. The van der Waals surface area contributed by atoms with Crippen molar-refractivity contribution in [2.75, 3.05) is 34.0 Å². The number of ether oxygens (including phenoxy) is 6. The summed E-state index contributed by atoms with van der Waals surface area (Å²) in [4.78, 5) is 13.0. The molecule has 2 aromatic rings. The lowest BCUT2D eigenvalue weighted by Gasteiger charge is -2.22. The molecule has 1 aromatic carbocycles. The molecule has 2 unspecified atom stereocenters. The highest BCUT2D eigenvalue weighted by molar-refractivity contribution is 5.86. The summed E-state index contributed by atoms with van der Waals surface area (Å²) in [6.07, 6.45) is 9.94. The molecule has 2 aliphatic rings. The smallest absolute Gasteiger partial charge is 0.254 e. The summed E-state index contributed by atoms with van der Waals surface area (Å²) >= 11 is 0. The summed E-state index contributed by atoms with van der Waals surface area (Å²) in [6.45, 7) is 1.12. The number of methoxy groups -OCH3 is 2. The van der Waals surface area contributed by atoms with E-state index in [1.165, 1.54) is 26.6 Å². The Morgan fingerprint density at radius 2 is 1.73 bits per heavy atom. The van der Waals surface area contributed by atoms with Crippen molar-refractivity contribution in [3.63, 3.8) is 0 Å². The maximum atomic E-state index is 14.6. The van der Waals surface area contributed by atoms with Crippen molar-refractivity contribution in [1.82, 2.24) is 9.97 Å². The molecule has 0 saturated carbocycles. The topological polar surface area (TPSA) is 136 Å². The quantitative estimate of drug-likeness (QED) is 0.312. The second-order valence-electron chi connectivity index (χ2n) is 9.33. The molecule has 40 heavy (non-hydrogen) atoms. The van der Waals surface area contributed by atoms with Gasteiger partial charge in [0.25, 0.3) is 5.95 Å². The summed E-state index contributed by atoms with van der Waals surface area (Å²) in [5.41, 5.74) is 6.36. The summed E-state index contributed by atoms with van der Waals surface area (Å²) in [6, 6.07) is 1.13. The van der Waals surface area contributed by atoms with Crippen LogP contribution >= 0.6 is 0 Å². The Labute approximate surface area is 231 Å². The first-order valence-corrected chi connectivity index (χ1v) is 13.2. The molecule has 13 heteroatoms. The number of quaternary nitrogens is 1. The average molecular weight is 565 g/mol. The number of nitrogens with two attached hydrogens (primary N) is 2. The summed E-state index contributed by atoms with van der Waals surface area (Å²) in [7, 11) is 2.56. The second-order valence-corrected chi connectivity index (χ2v) is 9.33. The fraction of sp³-hybridized carbons (Fsp3) is 0.519. The SMILES string of the molecule is COc1cc(OC)c(F)c(COc2cnc(/N=C(\C=C(/N)COC3CCCCO3)[NH2+]C3CCCCO3)nc2)c1F. The van der Waals surface area contributed by atoms with E-state index in [0.29, 0.717) is 24.7 Å². The number of benzene rings is 1. The predicted molar refractivity (Wildman–Crippen MR) is 140 cm³/mol. The van der Waals surface area contributed by atoms with E-state index in [0.717, 1.165) is 44.6 Å². The largest absolute Gasteiger partial charge is 0.494 e. The van der Waals surface area contributed by atoms with Gasteiger partial charge in [-0.25, -0.2) is 18.7 Å². The van der Waals surface area contributed by atoms with Gasteiger partial charge < -0.3 is 34.2 Å². The fourth-order valence-electron chi connectivity index (χ4n) is 4.24. The van der Waals surface area contributed by atoms with Crippen LogP contribution in [0.5, 0.6) is 17.2 Å². The zero-order chi connectivity index (χ0) is 28.3. The van der Waals surface area contributed by atoms with Crippen LogP contribution < -0.4 is 25.3 Å². The van der Waals surface area contributed by atoms with Gasteiger partial charge in [0.1, 0.15) is 6.61 Å². The van der Waals surface area contributed by atoms with Crippen molar-refractivity contribution >= 4 is 11.8 Å². The van der Waals surface area contributed by atoms with Gasteiger partial charge in [-0.1, -0.05) is 0 Å².